The Morgan fingerprint density at radius 1 is 0.774 bits per heavy atom. The van der Waals surface area contributed by atoms with E-state index in [0.717, 1.165) is 28.6 Å². The van der Waals surface area contributed by atoms with Crippen LogP contribution in [0.25, 0.3) is 0 Å². The normalized spacial score (nSPS) is 11.9. The van der Waals surface area contributed by atoms with Crippen molar-refractivity contribution in [3.63, 3.8) is 0 Å². The first-order valence-corrected chi connectivity index (χ1v) is 11.1. The van der Waals surface area contributed by atoms with E-state index in [1.54, 1.807) is 23.9 Å². The van der Waals surface area contributed by atoms with E-state index in [0.29, 0.717) is 0 Å². The van der Waals surface area contributed by atoms with E-state index in [9.17, 15) is 13.2 Å². The quantitative estimate of drug-likeness (QED) is 0.337. The number of hydrogen-bond acceptors (Lipinski definition) is 3. The van der Waals surface area contributed by atoms with E-state index in [4.69, 9.17) is 9.47 Å². The molecule has 31 heavy (non-hydrogen) atoms. The molecule has 0 amide bonds. The maximum absolute atomic E-state index is 12.3. The summed E-state index contributed by atoms with van der Waals surface area (Å²) in [5.74, 6) is 3.52. The molecular weight excluding hydrogens is 421 g/mol. The van der Waals surface area contributed by atoms with E-state index in [1.807, 2.05) is 60.7 Å². The van der Waals surface area contributed by atoms with Gasteiger partial charge in [-0.1, -0.05) is 56.3 Å². The Morgan fingerprint density at radius 3 is 2.13 bits per heavy atom. The smallest absolute Gasteiger partial charge is 0.422 e. The Balaban J connectivity index is 1.53. The van der Waals surface area contributed by atoms with E-state index < -0.39 is 12.8 Å². The minimum Gasteiger partial charge on any atom is -0.484 e. The fourth-order valence-electron chi connectivity index (χ4n) is 3.00. The van der Waals surface area contributed by atoms with Crippen molar-refractivity contribution in [3.8, 4) is 17.2 Å². The third kappa shape index (κ3) is 7.55. The predicted molar refractivity (Wildman–Crippen MR) is 120 cm³/mol. The Kier molecular flexibility index (Phi) is 7.55. The van der Waals surface area contributed by atoms with Gasteiger partial charge >= 0.3 is 6.18 Å². The second kappa shape index (κ2) is 10.1. The maximum atomic E-state index is 12.3. The molecule has 0 aliphatic carbocycles. The summed E-state index contributed by atoms with van der Waals surface area (Å²) in [7, 11) is 0. The summed E-state index contributed by atoms with van der Waals surface area (Å²) in [6, 6.07) is 24.6. The van der Waals surface area contributed by atoms with Crippen molar-refractivity contribution in [2.45, 2.75) is 31.2 Å². The largest absolute Gasteiger partial charge is 0.484 e. The molecule has 0 N–H and O–H groups in total. The van der Waals surface area contributed by atoms with Gasteiger partial charge in [-0.15, -0.1) is 0 Å². The minimum atomic E-state index is -4.34. The summed E-state index contributed by atoms with van der Waals surface area (Å²) in [5.41, 5.74) is 2.09. The van der Waals surface area contributed by atoms with Gasteiger partial charge in [0, 0.05) is 11.5 Å². The van der Waals surface area contributed by atoms with Crippen molar-refractivity contribution in [2.75, 3.05) is 12.4 Å². The van der Waals surface area contributed by atoms with Gasteiger partial charge in [-0.05, 0) is 52.9 Å². The SMILES string of the molecule is CC(C)(CSCc1cccc(Oc2ccccc2)c1)c1ccc(OCC(F)(F)F)cc1. The van der Waals surface area contributed by atoms with Crippen LogP contribution in [0.1, 0.15) is 25.0 Å². The zero-order chi connectivity index (χ0) is 22.3. The second-order valence-corrected chi connectivity index (χ2v) is 8.85. The molecule has 0 atom stereocenters. The van der Waals surface area contributed by atoms with Crippen LogP contribution < -0.4 is 9.47 Å². The lowest BCUT2D eigenvalue weighted by Gasteiger charge is -2.25. The van der Waals surface area contributed by atoms with Gasteiger partial charge in [0.1, 0.15) is 17.2 Å². The number of ether oxygens (including phenoxy) is 2. The molecule has 0 bridgehead atoms. The summed E-state index contributed by atoms with van der Waals surface area (Å²) in [6.45, 7) is 2.97. The minimum absolute atomic E-state index is 0.134. The van der Waals surface area contributed by atoms with Crippen molar-refractivity contribution in [3.05, 3.63) is 90.0 Å². The molecule has 0 radical (unpaired) electrons. The molecule has 164 valence electrons. The number of halogens is 3. The van der Waals surface area contributed by atoms with Gasteiger partial charge in [0.25, 0.3) is 0 Å². The average Bonchev–Trinajstić information content (AvgIpc) is 2.73. The molecule has 0 heterocycles. The lowest BCUT2D eigenvalue weighted by molar-refractivity contribution is -0.153. The highest BCUT2D eigenvalue weighted by molar-refractivity contribution is 7.98. The third-order valence-corrected chi connectivity index (χ3v) is 6.11. The lowest BCUT2D eigenvalue weighted by atomic mass is 9.87. The van der Waals surface area contributed by atoms with Gasteiger partial charge < -0.3 is 9.47 Å². The van der Waals surface area contributed by atoms with Crippen LogP contribution in [-0.2, 0) is 11.2 Å². The summed E-state index contributed by atoms with van der Waals surface area (Å²) in [5, 5.41) is 0. The molecule has 0 spiro atoms. The number of thioether (sulfide) groups is 1. The van der Waals surface area contributed by atoms with Crippen LogP contribution in [0.4, 0.5) is 13.2 Å². The number of rotatable bonds is 9. The first-order chi connectivity index (χ1) is 14.7. The third-order valence-electron chi connectivity index (χ3n) is 4.65. The van der Waals surface area contributed by atoms with E-state index in [1.165, 1.54) is 5.56 Å². The molecular formula is C25H25F3O2S. The number of benzene rings is 3. The molecule has 0 aliphatic rings. The molecule has 0 fully saturated rings. The van der Waals surface area contributed by atoms with Gasteiger partial charge in [0.2, 0.25) is 0 Å². The molecule has 3 aromatic carbocycles. The Morgan fingerprint density at radius 2 is 1.45 bits per heavy atom. The average molecular weight is 447 g/mol. The van der Waals surface area contributed by atoms with Gasteiger partial charge in [-0.2, -0.15) is 24.9 Å². The highest BCUT2D eigenvalue weighted by atomic mass is 32.2. The fraction of sp³-hybridized carbons (Fsp3) is 0.280. The van der Waals surface area contributed by atoms with Crippen molar-refractivity contribution in [1.82, 2.24) is 0 Å². The molecule has 0 saturated carbocycles. The van der Waals surface area contributed by atoms with Crippen LogP contribution in [0.15, 0.2) is 78.9 Å². The van der Waals surface area contributed by atoms with E-state index >= 15 is 0 Å². The topological polar surface area (TPSA) is 18.5 Å². The van der Waals surface area contributed by atoms with Crippen LogP contribution >= 0.6 is 11.8 Å². The zero-order valence-electron chi connectivity index (χ0n) is 17.5. The molecule has 3 aromatic rings. The number of alkyl halides is 3. The highest BCUT2D eigenvalue weighted by Crippen LogP contribution is 2.31. The van der Waals surface area contributed by atoms with Crippen LogP contribution in [0.5, 0.6) is 17.2 Å². The van der Waals surface area contributed by atoms with Gasteiger partial charge in [-0.25, -0.2) is 0 Å². The standard InChI is InChI=1S/C25H25F3O2S/c1-24(2,20-11-13-21(14-12-20)29-17-25(26,27)28)18-31-16-19-7-6-10-23(15-19)30-22-8-4-3-5-9-22/h3-15H,16-18H2,1-2H3. The predicted octanol–water partition coefficient (Wildman–Crippen LogP) is 7.63. The molecule has 2 nitrogen and oxygen atoms in total. The lowest BCUT2D eigenvalue weighted by Crippen LogP contribution is -2.21. The van der Waals surface area contributed by atoms with Crippen molar-refractivity contribution < 1.29 is 22.6 Å². The van der Waals surface area contributed by atoms with Gasteiger partial charge in [-0.3, -0.25) is 0 Å². The van der Waals surface area contributed by atoms with Crippen LogP contribution in [0.3, 0.4) is 0 Å². The van der Waals surface area contributed by atoms with Crippen molar-refractivity contribution >= 4 is 11.8 Å². The first kappa shape index (κ1) is 23.1. The monoisotopic (exact) mass is 446 g/mol. The van der Waals surface area contributed by atoms with Gasteiger partial charge in [0.05, 0.1) is 0 Å². The molecule has 0 unspecified atom stereocenters. The second-order valence-electron chi connectivity index (χ2n) is 7.87. The van der Waals surface area contributed by atoms with E-state index in [-0.39, 0.29) is 11.2 Å². The van der Waals surface area contributed by atoms with Crippen molar-refractivity contribution in [1.29, 1.82) is 0 Å². The Hall–Kier alpha value is -2.60. The highest BCUT2D eigenvalue weighted by Gasteiger charge is 2.28. The fourth-order valence-corrected chi connectivity index (χ4v) is 4.19. The number of hydrogen-bond donors (Lipinski definition) is 0. The molecule has 0 aliphatic heterocycles. The summed E-state index contributed by atoms with van der Waals surface area (Å²) in [6.07, 6.45) is -4.34. The summed E-state index contributed by atoms with van der Waals surface area (Å²) >= 11 is 1.81. The van der Waals surface area contributed by atoms with Gasteiger partial charge in [0.15, 0.2) is 6.61 Å². The maximum Gasteiger partial charge on any atom is 0.422 e. The Bertz CT molecular complexity index is 955. The van der Waals surface area contributed by atoms with Crippen LogP contribution in [-0.4, -0.2) is 18.5 Å². The van der Waals surface area contributed by atoms with Crippen molar-refractivity contribution in [2.24, 2.45) is 0 Å². The molecule has 6 heteroatoms. The van der Waals surface area contributed by atoms with Crippen LogP contribution in [0.2, 0.25) is 0 Å². The first-order valence-electron chi connectivity index (χ1n) is 9.91. The molecule has 0 saturated heterocycles. The summed E-state index contributed by atoms with van der Waals surface area (Å²) in [4.78, 5) is 0. The number of para-hydroxylation sites is 1. The van der Waals surface area contributed by atoms with E-state index in [2.05, 4.69) is 19.9 Å². The zero-order valence-corrected chi connectivity index (χ0v) is 18.3. The summed E-state index contributed by atoms with van der Waals surface area (Å²) < 4.78 is 47.5. The van der Waals surface area contributed by atoms with Crippen LogP contribution in [0, 0.1) is 0 Å². The Labute approximate surface area is 185 Å². The molecule has 0 aromatic heterocycles. The molecule has 3 rings (SSSR count).